The minimum Gasteiger partial charge on any atom is -0.456 e. The highest BCUT2D eigenvalue weighted by Crippen LogP contribution is 2.53. The summed E-state index contributed by atoms with van der Waals surface area (Å²) >= 11 is 0. The highest BCUT2D eigenvalue weighted by Gasteiger charge is 2.39. The van der Waals surface area contributed by atoms with Gasteiger partial charge in [-0.15, -0.1) is 0 Å². The van der Waals surface area contributed by atoms with E-state index >= 15 is 0 Å². The lowest BCUT2D eigenvalue weighted by atomic mass is 9.81. The first-order valence-corrected chi connectivity index (χ1v) is 18.5. The summed E-state index contributed by atoms with van der Waals surface area (Å²) in [5.41, 5.74) is 13.6. The molecule has 6 heteroatoms. The zero-order chi connectivity index (χ0) is 36.7. The summed E-state index contributed by atoms with van der Waals surface area (Å²) < 4.78 is 12.9. The molecule has 55 heavy (non-hydrogen) atoms. The SMILES string of the molecule is CC1(C)c2cc(-c3cc(-c4nc(-c5ccccc5)nc(-c5ccccc5)n4)cc4oc5ccccc5c34)ccc2-c2ccc3oc(-c4ccccc4)nc3c21. The van der Waals surface area contributed by atoms with E-state index in [0.29, 0.717) is 23.4 Å². The van der Waals surface area contributed by atoms with Crippen molar-refractivity contribution >= 4 is 33.0 Å². The van der Waals surface area contributed by atoms with Gasteiger partial charge >= 0.3 is 0 Å². The Kier molecular flexibility index (Phi) is 6.79. The van der Waals surface area contributed by atoms with Gasteiger partial charge in [-0.3, -0.25) is 0 Å². The van der Waals surface area contributed by atoms with Crippen LogP contribution in [0.1, 0.15) is 25.0 Å². The quantitative estimate of drug-likeness (QED) is 0.177. The molecule has 3 heterocycles. The van der Waals surface area contributed by atoms with E-state index in [4.69, 9.17) is 28.8 Å². The van der Waals surface area contributed by atoms with Gasteiger partial charge in [0.25, 0.3) is 0 Å². The van der Waals surface area contributed by atoms with Crippen LogP contribution in [0.4, 0.5) is 0 Å². The topological polar surface area (TPSA) is 77.8 Å². The molecule has 0 saturated heterocycles. The monoisotopic (exact) mass is 708 g/mol. The van der Waals surface area contributed by atoms with Gasteiger partial charge in [0.1, 0.15) is 16.7 Å². The van der Waals surface area contributed by atoms with E-state index in [2.05, 4.69) is 68.4 Å². The number of benzene rings is 7. The Hall–Kier alpha value is -7.18. The van der Waals surface area contributed by atoms with Crippen molar-refractivity contribution in [1.29, 1.82) is 0 Å². The maximum Gasteiger partial charge on any atom is 0.227 e. The van der Waals surface area contributed by atoms with Gasteiger partial charge in [0.2, 0.25) is 5.89 Å². The standard InChI is InChI=1S/C49H32N4O2/c1-49(2)38-27-32(22-23-34(38)35-24-25-40-44(43(35)49)50-48(55-40)31-18-10-5-11-19-31)37-26-33(28-41-42(37)36-20-12-13-21-39(36)54-41)47-52-45(29-14-6-3-7-15-29)51-46(53-47)30-16-8-4-9-17-30/h3-28H,1-2H3. The number of rotatable bonds is 5. The van der Waals surface area contributed by atoms with Crippen LogP contribution in [-0.4, -0.2) is 19.9 Å². The first kappa shape index (κ1) is 31.4. The van der Waals surface area contributed by atoms with E-state index in [9.17, 15) is 0 Å². The Morgan fingerprint density at radius 1 is 0.418 bits per heavy atom. The van der Waals surface area contributed by atoms with Crippen molar-refractivity contribution in [3.63, 3.8) is 0 Å². The Bertz CT molecular complexity index is 3050. The summed E-state index contributed by atoms with van der Waals surface area (Å²) in [5, 5.41) is 2.12. The number of fused-ring (bicyclic) bond motifs is 8. The van der Waals surface area contributed by atoms with Gasteiger partial charge in [-0.25, -0.2) is 19.9 Å². The van der Waals surface area contributed by atoms with Gasteiger partial charge in [-0.1, -0.05) is 129 Å². The average Bonchev–Trinajstić information content (AvgIpc) is 3.91. The Balaban J connectivity index is 1.11. The number of aromatic nitrogens is 4. The molecule has 0 N–H and O–H groups in total. The molecule has 1 aliphatic carbocycles. The molecular weight excluding hydrogens is 677 g/mol. The van der Waals surface area contributed by atoms with E-state index in [-0.39, 0.29) is 5.41 Å². The van der Waals surface area contributed by atoms with Gasteiger partial charge in [-0.05, 0) is 75.8 Å². The molecule has 260 valence electrons. The van der Waals surface area contributed by atoms with Crippen molar-refractivity contribution in [2.75, 3.05) is 0 Å². The minimum absolute atomic E-state index is 0.344. The molecule has 0 unspecified atom stereocenters. The fourth-order valence-corrected chi connectivity index (χ4v) is 8.30. The summed E-state index contributed by atoms with van der Waals surface area (Å²) in [6.07, 6.45) is 0. The van der Waals surface area contributed by atoms with Crippen molar-refractivity contribution in [3.05, 3.63) is 169 Å². The third-order valence-corrected chi connectivity index (χ3v) is 10.9. The van der Waals surface area contributed by atoms with Crippen LogP contribution in [-0.2, 0) is 5.41 Å². The van der Waals surface area contributed by atoms with Gasteiger partial charge in [-0.2, -0.15) is 0 Å². The van der Waals surface area contributed by atoms with Gasteiger partial charge < -0.3 is 8.83 Å². The minimum atomic E-state index is -0.344. The number of hydrogen-bond donors (Lipinski definition) is 0. The molecule has 6 nitrogen and oxygen atoms in total. The molecule has 0 atom stereocenters. The number of furan rings is 1. The highest BCUT2D eigenvalue weighted by molar-refractivity contribution is 6.14. The van der Waals surface area contributed by atoms with Crippen LogP contribution in [0, 0.1) is 0 Å². The molecule has 0 spiro atoms. The lowest BCUT2D eigenvalue weighted by Crippen LogP contribution is -2.15. The second kappa shape index (κ2) is 11.9. The maximum atomic E-state index is 6.59. The molecule has 0 bridgehead atoms. The summed E-state index contributed by atoms with van der Waals surface area (Å²) in [6, 6.07) is 53.8. The summed E-state index contributed by atoms with van der Waals surface area (Å²) in [6.45, 7) is 4.58. The molecule has 0 fully saturated rings. The summed E-state index contributed by atoms with van der Waals surface area (Å²) in [7, 11) is 0. The van der Waals surface area contributed by atoms with Crippen LogP contribution in [0.3, 0.4) is 0 Å². The molecule has 0 radical (unpaired) electrons. The van der Waals surface area contributed by atoms with Gasteiger partial charge in [0.05, 0.1) is 0 Å². The van der Waals surface area contributed by atoms with Crippen molar-refractivity contribution in [2.24, 2.45) is 0 Å². The Morgan fingerprint density at radius 3 is 1.71 bits per heavy atom. The molecule has 11 rings (SSSR count). The third-order valence-electron chi connectivity index (χ3n) is 10.9. The van der Waals surface area contributed by atoms with Gasteiger partial charge in [0, 0.05) is 38.4 Å². The summed E-state index contributed by atoms with van der Waals surface area (Å²) in [5.74, 6) is 2.43. The first-order chi connectivity index (χ1) is 27.0. The van der Waals surface area contributed by atoms with Crippen LogP contribution in [0.25, 0.3) is 101 Å². The van der Waals surface area contributed by atoms with Crippen molar-refractivity contribution < 1.29 is 8.83 Å². The predicted octanol–water partition coefficient (Wildman–Crippen LogP) is 12.6. The lowest BCUT2D eigenvalue weighted by Gasteiger charge is -2.22. The lowest BCUT2D eigenvalue weighted by molar-refractivity contribution is 0.619. The third kappa shape index (κ3) is 4.95. The molecule has 3 aromatic heterocycles. The van der Waals surface area contributed by atoms with Crippen LogP contribution in [0.2, 0.25) is 0 Å². The van der Waals surface area contributed by atoms with E-state index in [1.54, 1.807) is 0 Å². The fraction of sp³-hybridized carbons (Fsp3) is 0.0612. The Morgan fingerprint density at radius 2 is 1.02 bits per heavy atom. The molecule has 0 saturated carbocycles. The molecule has 0 aliphatic heterocycles. The largest absolute Gasteiger partial charge is 0.456 e. The highest BCUT2D eigenvalue weighted by atomic mass is 16.3. The molecule has 0 amide bonds. The maximum absolute atomic E-state index is 6.59. The number of nitrogens with zero attached hydrogens (tertiary/aromatic N) is 4. The van der Waals surface area contributed by atoms with Crippen LogP contribution < -0.4 is 0 Å². The van der Waals surface area contributed by atoms with E-state index in [0.717, 1.165) is 66.4 Å². The zero-order valence-corrected chi connectivity index (χ0v) is 30.1. The zero-order valence-electron chi connectivity index (χ0n) is 30.1. The molecular formula is C49H32N4O2. The Labute approximate surface area is 316 Å². The number of hydrogen-bond acceptors (Lipinski definition) is 6. The molecule has 7 aromatic carbocycles. The average molecular weight is 709 g/mol. The van der Waals surface area contributed by atoms with Crippen LogP contribution in [0.15, 0.2) is 167 Å². The second-order valence-corrected chi connectivity index (χ2v) is 14.6. The molecule has 1 aliphatic rings. The molecule has 10 aromatic rings. The van der Waals surface area contributed by atoms with Crippen LogP contribution >= 0.6 is 0 Å². The van der Waals surface area contributed by atoms with Crippen molar-refractivity contribution in [2.45, 2.75) is 19.3 Å². The number of oxazole rings is 1. The van der Waals surface area contributed by atoms with Crippen molar-refractivity contribution in [3.8, 4) is 67.9 Å². The predicted molar refractivity (Wildman–Crippen MR) is 219 cm³/mol. The van der Waals surface area contributed by atoms with Gasteiger partial charge in [0.15, 0.2) is 23.1 Å². The number of para-hydroxylation sites is 1. The van der Waals surface area contributed by atoms with Crippen molar-refractivity contribution in [1.82, 2.24) is 19.9 Å². The van der Waals surface area contributed by atoms with E-state index in [1.165, 1.54) is 22.3 Å². The van der Waals surface area contributed by atoms with E-state index in [1.807, 2.05) is 103 Å². The van der Waals surface area contributed by atoms with Crippen LogP contribution in [0.5, 0.6) is 0 Å². The smallest absolute Gasteiger partial charge is 0.227 e. The first-order valence-electron chi connectivity index (χ1n) is 18.5. The second-order valence-electron chi connectivity index (χ2n) is 14.6. The fourth-order valence-electron chi connectivity index (χ4n) is 8.30. The summed E-state index contributed by atoms with van der Waals surface area (Å²) in [4.78, 5) is 20.2. The normalized spacial score (nSPS) is 13.1. The van der Waals surface area contributed by atoms with E-state index < -0.39 is 0 Å².